The second kappa shape index (κ2) is 7.12. The lowest BCUT2D eigenvalue weighted by Gasteiger charge is -2.44. The van der Waals surface area contributed by atoms with Crippen LogP contribution in [0.4, 0.5) is 0 Å². The number of carbonyl (C=O) groups excluding carboxylic acids is 1. The second-order valence-electron chi connectivity index (χ2n) is 8.14. The quantitative estimate of drug-likeness (QED) is 0.787. The number of aromatic amines is 1. The summed E-state index contributed by atoms with van der Waals surface area (Å²) in [5.41, 5.74) is 3.62. The Morgan fingerprint density at radius 3 is 2.74 bits per heavy atom. The number of aromatic nitrogens is 1. The molecule has 3 aliphatic heterocycles. The van der Waals surface area contributed by atoms with Crippen molar-refractivity contribution in [3.8, 4) is 0 Å². The van der Waals surface area contributed by atoms with Gasteiger partial charge in [0.25, 0.3) is 0 Å². The fraction of sp³-hybridized carbons (Fsp3) is 0.571. The van der Waals surface area contributed by atoms with E-state index in [2.05, 4.69) is 41.5 Å². The normalized spacial score (nSPS) is 26.8. The van der Waals surface area contributed by atoms with E-state index in [9.17, 15) is 4.79 Å². The number of benzene rings is 1. The first-order valence-corrected chi connectivity index (χ1v) is 9.95. The number of ether oxygens (including phenoxy) is 1. The van der Waals surface area contributed by atoms with Crippen LogP contribution in [0.5, 0.6) is 0 Å². The van der Waals surface area contributed by atoms with Crippen molar-refractivity contribution in [3.63, 3.8) is 0 Å². The molecule has 2 fully saturated rings. The first-order chi connectivity index (χ1) is 12.7. The lowest BCUT2D eigenvalue weighted by molar-refractivity contribution is -0.142. The number of para-hydroxylation sites is 1. The number of hydrogen-bond donors (Lipinski definition) is 2. The average Bonchev–Trinajstić information content (AvgIpc) is 3.27. The van der Waals surface area contributed by atoms with Crippen LogP contribution in [-0.4, -0.2) is 47.6 Å². The molecule has 1 spiro atoms. The monoisotopic (exact) mass is 389 g/mol. The van der Waals surface area contributed by atoms with E-state index in [4.69, 9.17) is 4.74 Å². The summed E-state index contributed by atoms with van der Waals surface area (Å²) in [5, 5.41) is 4.75. The first-order valence-electron chi connectivity index (χ1n) is 9.95. The van der Waals surface area contributed by atoms with Crippen molar-refractivity contribution in [2.45, 2.75) is 56.7 Å². The van der Waals surface area contributed by atoms with E-state index >= 15 is 0 Å². The predicted molar refractivity (Wildman–Crippen MR) is 108 cm³/mol. The zero-order valence-corrected chi connectivity index (χ0v) is 16.6. The molecule has 6 heteroatoms. The van der Waals surface area contributed by atoms with Gasteiger partial charge in [0.05, 0.1) is 18.3 Å². The fourth-order valence-electron chi connectivity index (χ4n) is 5.09. The first kappa shape index (κ1) is 18.8. The number of nitrogens with one attached hydrogen (secondary N) is 2. The summed E-state index contributed by atoms with van der Waals surface area (Å²) in [6, 6.07) is 9.00. The number of hydrogen-bond acceptors (Lipinski definition) is 3. The summed E-state index contributed by atoms with van der Waals surface area (Å²) in [4.78, 5) is 18.5. The van der Waals surface area contributed by atoms with Gasteiger partial charge in [0, 0.05) is 30.0 Å². The van der Waals surface area contributed by atoms with Crippen LogP contribution in [0, 0.1) is 0 Å². The highest BCUT2D eigenvalue weighted by atomic mass is 35.5. The van der Waals surface area contributed by atoms with Gasteiger partial charge in [-0.2, -0.15) is 0 Å². The van der Waals surface area contributed by atoms with Gasteiger partial charge >= 0.3 is 0 Å². The molecule has 1 aromatic carbocycles. The van der Waals surface area contributed by atoms with Gasteiger partial charge in [0.1, 0.15) is 5.60 Å². The van der Waals surface area contributed by atoms with Crippen molar-refractivity contribution in [3.05, 3.63) is 35.5 Å². The molecule has 3 aliphatic rings. The molecular formula is C21H28ClN3O2. The van der Waals surface area contributed by atoms with Crippen molar-refractivity contribution < 1.29 is 9.53 Å². The molecule has 0 aliphatic carbocycles. The minimum absolute atomic E-state index is 0. The van der Waals surface area contributed by atoms with Gasteiger partial charge in [-0.05, 0) is 50.7 Å². The third-order valence-corrected chi connectivity index (χ3v) is 6.55. The van der Waals surface area contributed by atoms with Crippen molar-refractivity contribution >= 4 is 29.2 Å². The third-order valence-electron chi connectivity index (χ3n) is 6.55. The van der Waals surface area contributed by atoms with Crippen LogP contribution < -0.4 is 5.32 Å². The number of piperidine rings is 1. The number of likely N-dealkylation sites (tertiary alicyclic amines) is 1. The summed E-state index contributed by atoms with van der Waals surface area (Å²) in [6.45, 7) is 4.48. The molecule has 2 atom stereocenters. The van der Waals surface area contributed by atoms with E-state index in [1.165, 1.54) is 22.2 Å². The Hall–Kier alpha value is -1.56. The molecule has 2 N–H and O–H groups in total. The van der Waals surface area contributed by atoms with E-state index in [1.807, 2.05) is 4.90 Å². The van der Waals surface area contributed by atoms with Gasteiger partial charge < -0.3 is 19.9 Å². The fourth-order valence-corrected chi connectivity index (χ4v) is 5.09. The molecule has 2 aromatic rings. The van der Waals surface area contributed by atoms with Crippen LogP contribution in [0.25, 0.3) is 10.9 Å². The largest absolute Gasteiger partial charge is 0.368 e. The summed E-state index contributed by atoms with van der Waals surface area (Å²) < 4.78 is 6.35. The zero-order valence-electron chi connectivity index (χ0n) is 15.8. The number of rotatable bonds is 1. The molecular weight excluding hydrogens is 362 g/mol. The van der Waals surface area contributed by atoms with E-state index in [1.54, 1.807) is 0 Å². The van der Waals surface area contributed by atoms with Gasteiger partial charge in [-0.1, -0.05) is 18.2 Å². The van der Waals surface area contributed by atoms with Crippen molar-refractivity contribution in [2.75, 3.05) is 19.7 Å². The molecule has 0 saturated carbocycles. The van der Waals surface area contributed by atoms with Crippen LogP contribution in [0.3, 0.4) is 0 Å². The van der Waals surface area contributed by atoms with Crippen LogP contribution in [-0.2, 0) is 21.6 Å². The smallest absolute Gasteiger partial charge is 0.239 e. The van der Waals surface area contributed by atoms with Crippen molar-refractivity contribution in [1.29, 1.82) is 0 Å². The van der Waals surface area contributed by atoms with E-state index in [-0.39, 0.29) is 30.0 Å². The van der Waals surface area contributed by atoms with Crippen LogP contribution in [0.1, 0.15) is 43.9 Å². The zero-order chi connectivity index (χ0) is 17.7. The van der Waals surface area contributed by atoms with E-state index < -0.39 is 0 Å². The van der Waals surface area contributed by atoms with Crippen molar-refractivity contribution in [2.24, 2.45) is 0 Å². The molecule has 0 radical (unpaired) electrons. The number of H-pyrrole nitrogens is 1. The Morgan fingerprint density at radius 1 is 1.22 bits per heavy atom. The second-order valence-corrected chi connectivity index (χ2v) is 8.14. The molecule has 0 unspecified atom stereocenters. The molecule has 5 nitrogen and oxygen atoms in total. The molecule has 2 saturated heterocycles. The summed E-state index contributed by atoms with van der Waals surface area (Å²) in [7, 11) is 0. The standard InChI is InChI=1S/C21H27N3O2.ClH/c1-14-6-7-18(22-14)20(25)24-11-9-21(10-12-24)19-16(8-13-26-21)15-4-2-3-5-17(15)23-19;/h2-5,14,18,22-23H,6-13H2,1H3;1H/t14-,18-;/m0./s1. The lowest BCUT2D eigenvalue weighted by atomic mass is 9.83. The van der Waals surface area contributed by atoms with Crippen molar-refractivity contribution in [1.82, 2.24) is 15.2 Å². The Labute approximate surface area is 166 Å². The average molecular weight is 390 g/mol. The summed E-state index contributed by atoms with van der Waals surface area (Å²) in [6.07, 6.45) is 4.77. The van der Waals surface area contributed by atoms with Gasteiger partial charge in [0.15, 0.2) is 0 Å². The van der Waals surface area contributed by atoms with E-state index in [0.29, 0.717) is 6.04 Å². The van der Waals surface area contributed by atoms with Crippen LogP contribution >= 0.6 is 12.4 Å². The van der Waals surface area contributed by atoms with Gasteiger partial charge in [-0.25, -0.2) is 0 Å². The Kier molecular flexibility index (Phi) is 4.95. The molecule has 1 aromatic heterocycles. The summed E-state index contributed by atoms with van der Waals surface area (Å²) in [5.74, 6) is 0.275. The SMILES string of the molecule is C[C@H]1CC[C@@H](C(=O)N2CCC3(CC2)OCCc2c3[nH]c3ccccc23)N1.Cl. The topological polar surface area (TPSA) is 57.4 Å². The number of amides is 1. The highest BCUT2D eigenvalue weighted by molar-refractivity contribution is 5.86. The molecule has 146 valence electrons. The number of halogens is 1. The Balaban J connectivity index is 0.00000180. The third kappa shape index (κ3) is 3.06. The number of carbonyl (C=O) groups is 1. The predicted octanol–water partition coefficient (Wildman–Crippen LogP) is 3.12. The van der Waals surface area contributed by atoms with E-state index in [0.717, 1.165) is 51.8 Å². The van der Waals surface area contributed by atoms with Gasteiger partial charge in [-0.15, -0.1) is 12.4 Å². The molecule has 0 bridgehead atoms. The number of nitrogens with zero attached hydrogens (tertiary/aromatic N) is 1. The van der Waals surface area contributed by atoms with Crippen LogP contribution in [0.2, 0.25) is 0 Å². The minimum Gasteiger partial charge on any atom is -0.368 e. The Morgan fingerprint density at radius 2 is 2.00 bits per heavy atom. The lowest BCUT2D eigenvalue weighted by Crippen LogP contribution is -2.52. The molecule has 4 heterocycles. The number of fused-ring (bicyclic) bond motifs is 4. The molecule has 27 heavy (non-hydrogen) atoms. The minimum atomic E-state index is -0.250. The highest BCUT2D eigenvalue weighted by Crippen LogP contribution is 2.43. The van der Waals surface area contributed by atoms with Gasteiger partial charge in [-0.3, -0.25) is 4.79 Å². The molecule has 5 rings (SSSR count). The summed E-state index contributed by atoms with van der Waals surface area (Å²) >= 11 is 0. The van der Waals surface area contributed by atoms with Gasteiger partial charge in [0.2, 0.25) is 5.91 Å². The molecule has 1 amide bonds. The maximum absolute atomic E-state index is 12.8. The Bertz CT molecular complexity index is 841. The maximum atomic E-state index is 12.8. The van der Waals surface area contributed by atoms with Crippen LogP contribution in [0.15, 0.2) is 24.3 Å². The highest BCUT2D eigenvalue weighted by Gasteiger charge is 2.44. The maximum Gasteiger partial charge on any atom is 0.239 e.